The van der Waals surface area contributed by atoms with Crippen molar-refractivity contribution in [1.82, 2.24) is 9.88 Å². The summed E-state index contributed by atoms with van der Waals surface area (Å²) in [6.07, 6.45) is 1.03. The maximum absolute atomic E-state index is 5.73. The molecule has 0 saturated heterocycles. The topological polar surface area (TPSA) is 42.2 Å². The van der Waals surface area contributed by atoms with Crippen molar-refractivity contribution in [3.63, 3.8) is 0 Å². The summed E-state index contributed by atoms with van der Waals surface area (Å²) in [7, 11) is 2.13. The van der Waals surface area contributed by atoms with Gasteiger partial charge in [-0.25, -0.2) is 4.98 Å². The van der Waals surface area contributed by atoms with Gasteiger partial charge in [0.25, 0.3) is 0 Å². The Hall–Kier alpha value is -0.160. The lowest BCUT2D eigenvalue weighted by atomic mass is 9.93. The Balaban J connectivity index is 0.00000256. The second-order valence-electron chi connectivity index (χ2n) is 5.13. The van der Waals surface area contributed by atoms with Crippen LogP contribution >= 0.6 is 23.7 Å². The van der Waals surface area contributed by atoms with Gasteiger partial charge in [-0.15, -0.1) is 23.7 Å². The lowest BCUT2D eigenvalue weighted by molar-refractivity contribution is 0.208. The standard InChI is InChI=1S/C12H23N3S.ClH/c1-5-11-14-10(7-16-11)6-15(4)9-12(2,3)8-13;/h7H,5-6,8-9,13H2,1-4H3;1H. The van der Waals surface area contributed by atoms with Crippen LogP contribution in [-0.2, 0) is 13.0 Å². The molecule has 0 radical (unpaired) electrons. The van der Waals surface area contributed by atoms with Crippen molar-refractivity contribution in [2.75, 3.05) is 20.1 Å². The van der Waals surface area contributed by atoms with Crippen LogP contribution in [0.25, 0.3) is 0 Å². The van der Waals surface area contributed by atoms with E-state index in [1.54, 1.807) is 11.3 Å². The molecule has 1 aromatic rings. The molecule has 100 valence electrons. The molecule has 3 nitrogen and oxygen atoms in total. The predicted octanol–water partition coefficient (Wildman–Crippen LogP) is 2.54. The second-order valence-corrected chi connectivity index (χ2v) is 6.07. The van der Waals surface area contributed by atoms with Crippen molar-refractivity contribution in [3.05, 3.63) is 16.1 Å². The van der Waals surface area contributed by atoms with Gasteiger partial charge in [-0.2, -0.15) is 0 Å². The SMILES string of the molecule is CCc1nc(CN(C)CC(C)(C)CN)cs1.Cl. The van der Waals surface area contributed by atoms with Crippen LogP contribution in [0, 0.1) is 5.41 Å². The number of aromatic nitrogens is 1. The lowest BCUT2D eigenvalue weighted by Gasteiger charge is -2.28. The average Bonchev–Trinajstić information content (AvgIpc) is 2.64. The number of nitrogens with two attached hydrogens (primary N) is 1. The number of hydrogen-bond donors (Lipinski definition) is 1. The van der Waals surface area contributed by atoms with Crippen LogP contribution in [-0.4, -0.2) is 30.0 Å². The van der Waals surface area contributed by atoms with Crippen LogP contribution in [0.1, 0.15) is 31.5 Å². The Morgan fingerprint density at radius 1 is 1.47 bits per heavy atom. The molecule has 2 N–H and O–H groups in total. The van der Waals surface area contributed by atoms with E-state index in [-0.39, 0.29) is 17.8 Å². The first-order valence-corrected chi connectivity index (χ1v) is 6.66. The van der Waals surface area contributed by atoms with Crippen molar-refractivity contribution >= 4 is 23.7 Å². The van der Waals surface area contributed by atoms with Gasteiger partial charge in [0.2, 0.25) is 0 Å². The third kappa shape index (κ3) is 5.82. The molecule has 1 rings (SSSR count). The zero-order chi connectivity index (χ0) is 12.2. The highest BCUT2D eigenvalue weighted by atomic mass is 35.5. The molecule has 0 aromatic carbocycles. The zero-order valence-electron chi connectivity index (χ0n) is 11.2. The highest BCUT2D eigenvalue weighted by Crippen LogP contribution is 2.16. The zero-order valence-corrected chi connectivity index (χ0v) is 12.8. The van der Waals surface area contributed by atoms with Crippen LogP contribution in [0.4, 0.5) is 0 Å². The van der Waals surface area contributed by atoms with E-state index in [0.717, 1.165) is 19.5 Å². The Kier molecular flexibility index (Phi) is 7.24. The van der Waals surface area contributed by atoms with Crippen LogP contribution < -0.4 is 5.73 Å². The minimum absolute atomic E-state index is 0. The molecule has 1 aromatic heterocycles. The van der Waals surface area contributed by atoms with Crippen LogP contribution in [0.2, 0.25) is 0 Å². The van der Waals surface area contributed by atoms with Gasteiger partial charge in [-0.3, -0.25) is 4.90 Å². The number of thiazole rings is 1. The van der Waals surface area contributed by atoms with E-state index >= 15 is 0 Å². The Bertz CT molecular complexity index is 325. The minimum atomic E-state index is 0. The van der Waals surface area contributed by atoms with E-state index in [1.165, 1.54) is 10.7 Å². The first-order chi connectivity index (χ1) is 7.46. The van der Waals surface area contributed by atoms with E-state index in [2.05, 4.69) is 43.1 Å². The van der Waals surface area contributed by atoms with Gasteiger partial charge in [-0.05, 0) is 25.4 Å². The Labute approximate surface area is 115 Å². The van der Waals surface area contributed by atoms with E-state index < -0.39 is 0 Å². The summed E-state index contributed by atoms with van der Waals surface area (Å²) in [6.45, 7) is 9.17. The summed E-state index contributed by atoms with van der Waals surface area (Å²) in [5.74, 6) is 0. The number of hydrogen-bond acceptors (Lipinski definition) is 4. The number of nitrogens with zero attached hydrogens (tertiary/aromatic N) is 2. The average molecular weight is 278 g/mol. The fourth-order valence-electron chi connectivity index (χ4n) is 1.71. The van der Waals surface area contributed by atoms with Gasteiger partial charge >= 0.3 is 0 Å². The summed E-state index contributed by atoms with van der Waals surface area (Å²) in [5, 5.41) is 3.38. The molecule has 0 aliphatic heterocycles. The smallest absolute Gasteiger partial charge is 0.0926 e. The maximum Gasteiger partial charge on any atom is 0.0926 e. The van der Waals surface area contributed by atoms with E-state index in [4.69, 9.17) is 5.73 Å². The molecule has 17 heavy (non-hydrogen) atoms. The molecule has 5 heteroatoms. The number of rotatable bonds is 6. The molecule has 0 bridgehead atoms. The molecule has 0 spiro atoms. The molecular formula is C12H24ClN3S. The van der Waals surface area contributed by atoms with Crippen molar-refractivity contribution < 1.29 is 0 Å². The van der Waals surface area contributed by atoms with Crippen molar-refractivity contribution in [1.29, 1.82) is 0 Å². The number of aryl methyl sites for hydroxylation is 1. The normalized spacial score (nSPS) is 11.6. The van der Waals surface area contributed by atoms with Gasteiger partial charge in [0.05, 0.1) is 10.7 Å². The quantitative estimate of drug-likeness (QED) is 0.869. The predicted molar refractivity (Wildman–Crippen MR) is 77.9 cm³/mol. The summed E-state index contributed by atoms with van der Waals surface area (Å²) in [5.41, 5.74) is 7.09. The van der Waals surface area contributed by atoms with Crippen molar-refractivity contribution in [2.45, 2.75) is 33.7 Å². The Morgan fingerprint density at radius 3 is 2.59 bits per heavy atom. The summed E-state index contributed by atoms with van der Waals surface area (Å²) < 4.78 is 0. The van der Waals surface area contributed by atoms with E-state index in [1.807, 2.05) is 0 Å². The second kappa shape index (κ2) is 7.31. The number of halogens is 1. The van der Waals surface area contributed by atoms with E-state index in [9.17, 15) is 0 Å². The molecule has 0 amide bonds. The van der Waals surface area contributed by atoms with Gasteiger partial charge in [0.1, 0.15) is 0 Å². The maximum atomic E-state index is 5.73. The van der Waals surface area contributed by atoms with Crippen LogP contribution in [0.3, 0.4) is 0 Å². The molecule has 1 heterocycles. The van der Waals surface area contributed by atoms with E-state index in [0.29, 0.717) is 6.54 Å². The highest BCUT2D eigenvalue weighted by molar-refractivity contribution is 7.09. The van der Waals surface area contributed by atoms with Crippen LogP contribution in [0.5, 0.6) is 0 Å². The molecule has 0 saturated carbocycles. The highest BCUT2D eigenvalue weighted by Gasteiger charge is 2.18. The Morgan fingerprint density at radius 2 is 2.12 bits per heavy atom. The minimum Gasteiger partial charge on any atom is -0.330 e. The van der Waals surface area contributed by atoms with Gasteiger partial charge in [0, 0.05) is 18.5 Å². The van der Waals surface area contributed by atoms with Crippen molar-refractivity contribution in [3.8, 4) is 0 Å². The first kappa shape index (κ1) is 16.8. The van der Waals surface area contributed by atoms with Crippen LogP contribution in [0.15, 0.2) is 5.38 Å². The molecule has 0 aliphatic carbocycles. The van der Waals surface area contributed by atoms with Gasteiger partial charge in [-0.1, -0.05) is 20.8 Å². The monoisotopic (exact) mass is 277 g/mol. The summed E-state index contributed by atoms with van der Waals surface area (Å²) in [4.78, 5) is 6.86. The fourth-order valence-corrected chi connectivity index (χ4v) is 2.45. The molecule has 0 fully saturated rings. The van der Waals surface area contributed by atoms with Gasteiger partial charge < -0.3 is 5.73 Å². The van der Waals surface area contributed by atoms with Gasteiger partial charge in [0.15, 0.2) is 0 Å². The third-order valence-corrected chi connectivity index (χ3v) is 3.63. The molecule has 0 aliphatic rings. The molecule has 0 unspecified atom stereocenters. The van der Waals surface area contributed by atoms with Crippen molar-refractivity contribution in [2.24, 2.45) is 11.1 Å². The lowest BCUT2D eigenvalue weighted by Crippen LogP contribution is -2.36. The molecule has 0 atom stereocenters. The third-order valence-electron chi connectivity index (χ3n) is 2.58. The first-order valence-electron chi connectivity index (χ1n) is 5.78. The summed E-state index contributed by atoms with van der Waals surface area (Å²) in [6, 6.07) is 0. The summed E-state index contributed by atoms with van der Waals surface area (Å²) >= 11 is 1.75. The fraction of sp³-hybridized carbons (Fsp3) is 0.750. The molecular weight excluding hydrogens is 254 g/mol. The largest absolute Gasteiger partial charge is 0.330 e.